The summed E-state index contributed by atoms with van der Waals surface area (Å²) in [6.07, 6.45) is 6.29. The Bertz CT molecular complexity index is 279. The minimum absolute atomic E-state index is 0.258. The van der Waals surface area contributed by atoms with E-state index in [0.717, 1.165) is 25.3 Å². The van der Waals surface area contributed by atoms with E-state index in [9.17, 15) is 0 Å². The molecule has 0 fully saturated rings. The Labute approximate surface area is 97.5 Å². The van der Waals surface area contributed by atoms with E-state index < -0.39 is 0 Å². The standard InChI is InChI=1S/C12H21N3O/c1-4-14-12(10(2)5-8-16-3)11-9-13-6-7-15-11/h6-7,9-10,12,14H,4-5,8H2,1-3H3. The number of ether oxygens (including phenoxy) is 1. The Kier molecular flexibility index (Phi) is 5.96. The minimum Gasteiger partial charge on any atom is -0.385 e. The number of nitrogens with one attached hydrogen (secondary N) is 1. The van der Waals surface area contributed by atoms with Gasteiger partial charge in [-0.2, -0.15) is 0 Å². The summed E-state index contributed by atoms with van der Waals surface area (Å²) in [5.41, 5.74) is 1.01. The van der Waals surface area contributed by atoms with Crippen LogP contribution in [0.2, 0.25) is 0 Å². The summed E-state index contributed by atoms with van der Waals surface area (Å²) in [7, 11) is 1.73. The summed E-state index contributed by atoms with van der Waals surface area (Å²) in [4.78, 5) is 8.48. The Morgan fingerprint density at radius 1 is 1.44 bits per heavy atom. The molecule has 0 spiro atoms. The molecular weight excluding hydrogens is 202 g/mol. The lowest BCUT2D eigenvalue weighted by atomic mass is 9.96. The van der Waals surface area contributed by atoms with Gasteiger partial charge in [0.05, 0.1) is 11.7 Å². The minimum atomic E-state index is 0.258. The second-order valence-corrected chi connectivity index (χ2v) is 3.92. The molecule has 1 N–H and O–H groups in total. The molecule has 0 amide bonds. The van der Waals surface area contributed by atoms with E-state index in [4.69, 9.17) is 4.74 Å². The second-order valence-electron chi connectivity index (χ2n) is 3.92. The van der Waals surface area contributed by atoms with E-state index in [1.807, 2.05) is 6.20 Å². The van der Waals surface area contributed by atoms with Crippen molar-refractivity contribution in [3.63, 3.8) is 0 Å². The summed E-state index contributed by atoms with van der Waals surface area (Å²) in [6, 6.07) is 0.258. The predicted octanol–water partition coefficient (Wildman–Crippen LogP) is 1.80. The normalized spacial score (nSPS) is 14.7. The quantitative estimate of drug-likeness (QED) is 0.765. The number of aromatic nitrogens is 2. The highest BCUT2D eigenvalue weighted by Crippen LogP contribution is 2.22. The van der Waals surface area contributed by atoms with Crippen LogP contribution >= 0.6 is 0 Å². The zero-order valence-corrected chi connectivity index (χ0v) is 10.3. The van der Waals surface area contributed by atoms with Crippen LogP contribution in [0.1, 0.15) is 32.0 Å². The first-order chi connectivity index (χ1) is 7.79. The average Bonchev–Trinajstić information content (AvgIpc) is 2.34. The topological polar surface area (TPSA) is 47.0 Å². The molecule has 1 heterocycles. The van der Waals surface area contributed by atoms with E-state index in [1.165, 1.54) is 0 Å². The van der Waals surface area contributed by atoms with Gasteiger partial charge in [0.1, 0.15) is 0 Å². The number of nitrogens with zero attached hydrogens (tertiary/aromatic N) is 2. The summed E-state index contributed by atoms with van der Waals surface area (Å²) in [5.74, 6) is 0.483. The molecule has 0 aliphatic heterocycles. The largest absolute Gasteiger partial charge is 0.385 e. The molecule has 1 aromatic rings. The average molecular weight is 223 g/mol. The maximum absolute atomic E-state index is 5.11. The van der Waals surface area contributed by atoms with E-state index in [2.05, 4.69) is 29.1 Å². The van der Waals surface area contributed by atoms with Crippen LogP contribution in [0.5, 0.6) is 0 Å². The number of methoxy groups -OCH3 is 1. The van der Waals surface area contributed by atoms with Crippen molar-refractivity contribution in [3.8, 4) is 0 Å². The molecular formula is C12H21N3O. The van der Waals surface area contributed by atoms with Gasteiger partial charge >= 0.3 is 0 Å². The Morgan fingerprint density at radius 3 is 2.81 bits per heavy atom. The summed E-state index contributed by atoms with van der Waals surface area (Å²) >= 11 is 0. The lowest BCUT2D eigenvalue weighted by Gasteiger charge is -2.23. The fourth-order valence-electron chi connectivity index (χ4n) is 1.76. The lowest BCUT2D eigenvalue weighted by molar-refractivity contribution is 0.170. The first kappa shape index (κ1) is 13.1. The molecule has 0 saturated carbocycles. The lowest BCUT2D eigenvalue weighted by Crippen LogP contribution is -2.28. The molecule has 0 saturated heterocycles. The fraction of sp³-hybridized carbons (Fsp3) is 0.667. The molecule has 1 aromatic heterocycles. The first-order valence-corrected chi connectivity index (χ1v) is 5.77. The zero-order chi connectivity index (χ0) is 11.8. The van der Waals surface area contributed by atoms with Crippen molar-refractivity contribution in [1.82, 2.24) is 15.3 Å². The van der Waals surface area contributed by atoms with Gasteiger partial charge in [-0.05, 0) is 18.9 Å². The predicted molar refractivity (Wildman–Crippen MR) is 64.1 cm³/mol. The van der Waals surface area contributed by atoms with Gasteiger partial charge in [0, 0.05) is 32.3 Å². The van der Waals surface area contributed by atoms with Crippen LogP contribution in [0.3, 0.4) is 0 Å². The van der Waals surface area contributed by atoms with Crippen molar-refractivity contribution in [2.75, 3.05) is 20.3 Å². The number of rotatable bonds is 7. The number of hydrogen-bond acceptors (Lipinski definition) is 4. The molecule has 4 nitrogen and oxygen atoms in total. The molecule has 0 bridgehead atoms. The van der Waals surface area contributed by atoms with Crippen molar-refractivity contribution in [3.05, 3.63) is 24.3 Å². The van der Waals surface area contributed by atoms with Crippen LogP contribution in [0.25, 0.3) is 0 Å². The van der Waals surface area contributed by atoms with Crippen molar-refractivity contribution >= 4 is 0 Å². The van der Waals surface area contributed by atoms with E-state index in [-0.39, 0.29) is 6.04 Å². The Balaban J connectivity index is 2.66. The van der Waals surface area contributed by atoms with Gasteiger partial charge in [0.2, 0.25) is 0 Å². The van der Waals surface area contributed by atoms with Gasteiger partial charge in [-0.15, -0.1) is 0 Å². The van der Waals surface area contributed by atoms with Crippen molar-refractivity contribution in [1.29, 1.82) is 0 Å². The zero-order valence-electron chi connectivity index (χ0n) is 10.3. The molecule has 4 heteroatoms. The Morgan fingerprint density at radius 2 is 2.25 bits per heavy atom. The van der Waals surface area contributed by atoms with Crippen molar-refractivity contribution in [2.24, 2.45) is 5.92 Å². The second kappa shape index (κ2) is 7.30. The fourth-order valence-corrected chi connectivity index (χ4v) is 1.76. The highest BCUT2D eigenvalue weighted by atomic mass is 16.5. The molecule has 0 aliphatic rings. The van der Waals surface area contributed by atoms with Gasteiger partial charge in [-0.25, -0.2) is 0 Å². The maximum atomic E-state index is 5.11. The van der Waals surface area contributed by atoms with Crippen molar-refractivity contribution < 1.29 is 4.74 Å². The molecule has 2 atom stereocenters. The third-order valence-electron chi connectivity index (χ3n) is 2.67. The van der Waals surface area contributed by atoms with Gasteiger partial charge < -0.3 is 10.1 Å². The summed E-state index contributed by atoms with van der Waals surface area (Å²) in [5, 5.41) is 3.45. The number of hydrogen-bond donors (Lipinski definition) is 1. The molecule has 0 radical (unpaired) electrons. The van der Waals surface area contributed by atoms with Gasteiger partial charge in [-0.3, -0.25) is 9.97 Å². The molecule has 1 rings (SSSR count). The van der Waals surface area contributed by atoms with Crippen LogP contribution in [-0.4, -0.2) is 30.2 Å². The third-order valence-corrected chi connectivity index (χ3v) is 2.67. The van der Waals surface area contributed by atoms with Crippen LogP contribution < -0.4 is 5.32 Å². The molecule has 0 aromatic carbocycles. The van der Waals surface area contributed by atoms with Crippen LogP contribution in [0.15, 0.2) is 18.6 Å². The van der Waals surface area contributed by atoms with Gasteiger partial charge in [0.25, 0.3) is 0 Å². The highest BCUT2D eigenvalue weighted by molar-refractivity contribution is 5.03. The highest BCUT2D eigenvalue weighted by Gasteiger charge is 2.19. The Hall–Kier alpha value is -1.00. The molecule has 0 aliphatic carbocycles. The summed E-state index contributed by atoms with van der Waals surface area (Å²) < 4.78 is 5.11. The van der Waals surface area contributed by atoms with Crippen LogP contribution in [0.4, 0.5) is 0 Å². The van der Waals surface area contributed by atoms with E-state index >= 15 is 0 Å². The van der Waals surface area contributed by atoms with Crippen LogP contribution in [0, 0.1) is 5.92 Å². The first-order valence-electron chi connectivity index (χ1n) is 5.77. The SMILES string of the molecule is CCNC(c1cnccn1)C(C)CCOC. The van der Waals surface area contributed by atoms with Crippen molar-refractivity contribution in [2.45, 2.75) is 26.3 Å². The maximum Gasteiger partial charge on any atom is 0.0758 e. The molecule has 90 valence electrons. The van der Waals surface area contributed by atoms with Gasteiger partial charge in [-0.1, -0.05) is 13.8 Å². The summed E-state index contributed by atoms with van der Waals surface area (Å²) in [6.45, 7) is 6.02. The van der Waals surface area contributed by atoms with Gasteiger partial charge in [0.15, 0.2) is 0 Å². The van der Waals surface area contributed by atoms with E-state index in [0.29, 0.717) is 5.92 Å². The smallest absolute Gasteiger partial charge is 0.0758 e. The van der Waals surface area contributed by atoms with Crippen LogP contribution in [-0.2, 0) is 4.74 Å². The molecule has 2 unspecified atom stereocenters. The third kappa shape index (κ3) is 3.87. The van der Waals surface area contributed by atoms with E-state index in [1.54, 1.807) is 19.5 Å². The monoisotopic (exact) mass is 223 g/mol. The molecule has 16 heavy (non-hydrogen) atoms.